The minimum absolute atomic E-state index is 0.0696. The number of aromatic nitrogens is 1. The van der Waals surface area contributed by atoms with Crippen molar-refractivity contribution in [1.29, 1.82) is 0 Å². The Hall–Kier alpha value is -2.63. The predicted octanol–water partition coefficient (Wildman–Crippen LogP) is 1.60. The number of hydrogen-bond donors (Lipinski definition) is 1. The Bertz CT molecular complexity index is 741. The second kappa shape index (κ2) is 6.21. The van der Waals surface area contributed by atoms with Crippen LogP contribution in [0.2, 0.25) is 0 Å². The van der Waals surface area contributed by atoms with Crippen LogP contribution in [-0.4, -0.2) is 16.2 Å². The maximum Gasteiger partial charge on any atom is 0.260 e. The van der Waals surface area contributed by atoms with Gasteiger partial charge in [0.05, 0.1) is 5.71 Å². The molecular formula is C15H17N3O3. The Morgan fingerprint density at radius 2 is 2.14 bits per heavy atom. The maximum atomic E-state index is 11.8. The molecule has 1 N–H and O–H groups in total. The van der Waals surface area contributed by atoms with Crippen molar-refractivity contribution in [3.05, 3.63) is 57.9 Å². The van der Waals surface area contributed by atoms with Gasteiger partial charge in [0.1, 0.15) is 18.1 Å². The van der Waals surface area contributed by atoms with E-state index in [0.29, 0.717) is 5.71 Å². The van der Waals surface area contributed by atoms with E-state index < -0.39 is 0 Å². The van der Waals surface area contributed by atoms with E-state index in [2.05, 4.69) is 10.5 Å². The standard InChI is InChI=1S/C15H17N3O3/c1-10-8-13(12(3)21-10)11(2)16-17-14(19)9-18-7-5-4-6-15(18)20/h4-8H,9H2,1-3H3,(H,17,19)/b16-11-. The molecular weight excluding hydrogens is 270 g/mol. The SMILES string of the molecule is C/C(=N/NC(=O)Cn1ccccc1=O)c1cc(C)oc1C. The van der Waals surface area contributed by atoms with Crippen LogP contribution in [0, 0.1) is 13.8 Å². The van der Waals surface area contributed by atoms with E-state index in [-0.39, 0.29) is 18.0 Å². The molecule has 6 nitrogen and oxygen atoms in total. The summed E-state index contributed by atoms with van der Waals surface area (Å²) in [6, 6.07) is 6.59. The van der Waals surface area contributed by atoms with Gasteiger partial charge in [-0.25, -0.2) is 5.43 Å². The van der Waals surface area contributed by atoms with E-state index in [0.717, 1.165) is 17.1 Å². The zero-order valence-corrected chi connectivity index (χ0v) is 12.2. The second-order valence-electron chi connectivity index (χ2n) is 4.73. The number of carbonyl (C=O) groups is 1. The molecule has 1 amide bonds. The highest BCUT2D eigenvalue weighted by molar-refractivity contribution is 6.00. The van der Waals surface area contributed by atoms with Gasteiger partial charge in [-0.3, -0.25) is 9.59 Å². The topological polar surface area (TPSA) is 76.6 Å². The molecule has 0 spiro atoms. The maximum absolute atomic E-state index is 11.8. The van der Waals surface area contributed by atoms with E-state index in [1.165, 1.54) is 10.6 Å². The number of amides is 1. The molecule has 6 heteroatoms. The number of pyridine rings is 1. The fraction of sp³-hybridized carbons (Fsp3) is 0.267. The van der Waals surface area contributed by atoms with Crippen molar-refractivity contribution in [2.45, 2.75) is 27.3 Å². The van der Waals surface area contributed by atoms with E-state index in [9.17, 15) is 9.59 Å². The van der Waals surface area contributed by atoms with E-state index in [1.807, 2.05) is 19.9 Å². The number of nitrogens with zero attached hydrogens (tertiary/aromatic N) is 2. The molecule has 0 aliphatic heterocycles. The molecule has 0 aliphatic rings. The molecule has 2 heterocycles. The van der Waals surface area contributed by atoms with Crippen LogP contribution in [0.4, 0.5) is 0 Å². The molecule has 21 heavy (non-hydrogen) atoms. The minimum atomic E-state index is -0.361. The molecule has 0 bridgehead atoms. The molecule has 2 rings (SSSR count). The fourth-order valence-electron chi connectivity index (χ4n) is 1.98. The highest BCUT2D eigenvalue weighted by Crippen LogP contribution is 2.14. The first-order chi connectivity index (χ1) is 9.97. The average Bonchev–Trinajstić information content (AvgIpc) is 2.78. The predicted molar refractivity (Wildman–Crippen MR) is 79.2 cm³/mol. The van der Waals surface area contributed by atoms with E-state index in [4.69, 9.17) is 4.42 Å². The number of rotatable bonds is 4. The molecule has 2 aromatic rings. The Labute approximate surface area is 122 Å². The molecule has 0 unspecified atom stereocenters. The lowest BCUT2D eigenvalue weighted by Crippen LogP contribution is -2.29. The summed E-state index contributed by atoms with van der Waals surface area (Å²) in [7, 11) is 0. The summed E-state index contributed by atoms with van der Waals surface area (Å²) in [5.74, 6) is 1.18. The number of furan rings is 1. The fourth-order valence-corrected chi connectivity index (χ4v) is 1.98. The van der Waals surface area contributed by atoms with Gasteiger partial charge in [0.2, 0.25) is 0 Å². The van der Waals surface area contributed by atoms with Gasteiger partial charge in [0, 0.05) is 17.8 Å². The van der Waals surface area contributed by atoms with Gasteiger partial charge in [0.15, 0.2) is 0 Å². The van der Waals surface area contributed by atoms with Crippen LogP contribution in [-0.2, 0) is 11.3 Å². The smallest absolute Gasteiger partial charge is 0.260 e. The molecule has 0 aliphatic carbocycles. The molecule has 0 aromatic carbocycles. The van der Waals surface area contributed by atoms with E-state index in [1.54, 1.807) is 25.3 Å². The summed E-state index contributed by atoms with van der Waals surface area (Å²) >= 11 is 0. The van der Waals surface area contributed by atoms with Crippen molar-refractivity contribution in [1.82, 2.24) is 9.99 Å². The van der Waals surface area contributed by atoms with Crippen molar-refractivity contribution < 1.29 is 9.21 Å². The van der Waals surface area contributed by atoms with Crippen LogP contribution in [0.1, 0.15) is 24.0 Å². The number of hydrogen-bond acceptors (Lipinski definition) is 4. The van der Waals surface area contributed by atoms with Crippen LogP contribution < -0.4 is 11.0 Å². The molecule has 0 radical (unpaired) electrons. The number of hydrazone groups is 1. The average molecular weight is 287 g/mol. The lowest BCUT2D eigenvalue weighted by atomic mass is 10.2. The van der Waals surface area contributed by atoms with Crippen LogP contribution in [0.15, 0.2) is 44.8 Å². The van der Waals surface area contributed by atoms with Gasteiger partial charge in [-0.2, -0.15) is 5.10 Å². The van der Waals surface area contributed by atoms with Crippen molar-refractivity contribution in [2.75, 3.05) is 0 Å². The van der Waals surface area contributed by atoms with Gasteiger partial charge in [-0.15, -0.1) is 0 Å². The van der Waals surface area contributed by atoms with Crippen molar-refractivity contribution in [3.8, 4) is 0 Å². The first-order valence-corrected chi connectivity index (χ1v) is 6.53. The number of nitrogens with one attached hydrogen (secondary N) is 1. The molecule has 0 saturated carbocycles. The summed E-state index contributed by atoms with van der Waals surface area (Å²) in [5.41, 5.74) is 3.72. The molecule has 2 aromatic heterocycles. The molecule has 110 valence electrons. The Morgan fingerprint density at radius 1 is 1.38 bits per heavy atom. The summed E-state index contributed by atoms with van der Waals surface area (Å²) in [4.78, 5) is 23.3. The second-order valence-corrected chi connectivity index (χ2v) is 4.73. The largest absolute Gasteiger partial charge is 0.466 e. The Kier molecular flexibility index (Phi) is 4.37. The van der Waals surface area contributed by atoms with Gasteiger partial charge in [-0.1, -0.05) is 6.07 Å². The van der Waals surface area contributed by atoms with Crippen LogP contribution in [0.3, 0.4) is 0 Å². The van der Waals surface area contributed by atoms with Gasteiger partial charge in [-0.05, 0) is 32.9 Å². The lowest BCUT2D eigenvalue weighted by Gasteiger charge is -2.04. The van der Waals surface area contributed by atoms with Crippen LogP contribution in [0.5, 0.6) is 0 Å². The third kappa shape index (κ3) is 3.68. The van der Waals surface area contributed by atoms with Crippen LogP contribution in [0.25, 0.3) is 0 Å². The summed E-state index contributed by atoms with van der Waals surface area (Å²) in [5, 5.41) is 4.04. The highest BCUT2D eigenvalue weighted by Gasteiger charge is 2.08. The third-order valence-corrected chi connectivity index (χ3v) is 2.99. The lowest BCUT2D eigenvalue weighted by molar-refractivity contribution is -0.121. The minimum Gasteiger partial charge on any atom is -0.466 e. The quantitative estimate of drug-likeness (QED) is 0.685. The summed E-state index contributed by atoms with van der Waals surface area (Å²) in [6.45, 7) is 5.41. The molecule has 0 atom stereocenters. The summed E-state index contributed by atoms with van der Waals surface area (Å²) < 4.78 is 6.73. The van der Waals surface area contributed by atoms with Gasteiger partial charge in [0.25, 0.3) is 11.5 Å². The molecule has 0 fully saturated rings. The van der Waals surface area contributed by atoms with Crippen molar-refractivity contribution in [2.24, 2.45) is 5.10 Å². The number of aryl methyl sites for hydroxylation is 2. The number of carbonyl (C=O) groups excluding carboxylic acids is 1. The van der Waals surface area contributed by atoms with E-state index >= 15 is 0 Å². The monoisotopic (exact) mass is 287 g/mol. The highest BCUT2D eigenvalue weighted by atomic mass is 16.3. The summed E-state index contributed by atoms with van der Waals surface area (Å²) in [6.07, 6.45) is 1.56. The van der Waals surface area contributed by atoms with Crippen molar-refractivity contribution >= 4 is 11.6 Å². The third-order valence-electron chi connectivity index (χ3n) is 2.99. The first kappa shape index (κ1) is 14.8. The molecule has 0 saturated heterocycles. The Morgan fingerprint density at radius 3 is 2.76 bits per heavy atom. The van der Waals surface area contributed by atoms with Crippen LogP contribution >= 0.6 is 0 Å². The Balaban J connectivity index is 2.03. The zero-order chi connectivity index (χ0) is 15.4. The van der Waals surface area contributed by atoms with Crippen molar-refractivity contribution in [3.63, 3.8) is 0 Å². The zero-order valence-electron chi connectivity index (χ0n) is 12.2. The van der Waals surface area contributed by atoms with Gasteiger partial charge >= 0.3 is 0 Å². The van der Waals surface area contributed by atoms with Gasteiger partial charge < -0.3 is 8.98 Å². The normalized spacial score (nSPS) is 11.5. The first-order valence-electron chi connectivity index (χ1n) is 6.53.